The van der Waals surface area contributed by atoms with Gasteiger partial charge in [0.1, 0.15) is 0 Å². The van der Waals surface area contributed by atoms with Crippen molar-refractivity contribution in [2.45, 2.75) is 72.1 Å². The normalized spacial score (nSPS) is 24.2. The van der Waals surface area contributed by atoms with Crippen molar-refractivity contribution >= 4 is 0 Å². The fourth-order valence-corrected chi connectivity index (χ4v) is 3.45. The van der Waals surface area contributed by atoms with Crippen LogP contribution in [-0.4, -0.2) is 0 Å². The van der Waals surface area contributed by atoms with Crippen LogP contribution in [0.3, 0.4) is 0 Å². The molecule has 1 aliphatic rings. The van der Waals surface area contributed by atoms with Gasteiger partial charge in [-0.1, -0.05) is 45.2 Å². The second-order valence-electron chi connectivity index (χ2n) is 6.27. The predicted molar refractivity (Wildman–Crippen MR) is 80.3 cm³/mol. The summed E-state index contributed by atoms with van der Waals surface area (Å²) in [7, 11) is 0. The van der Waals surface area contributed by atoms with E-state index in [9.17, 15) is 0 Å². The topological polar surface area (TPSA) is 0 Å². The van der Waals surface area contributed by atoms with Crippen LogP contribution < -0.4 is 0 Å². The molecule has 0 nitrogen and oxygen atoms in total. The van der Waals surface area contributed by atoms with Crippen LogP contribution >= 0.6 is 0 Å². The Morgan fingerprint density at radius 1 is 1.00 bits per heavy atom. The van der Waals surface area contributed by atoms with Crippen LogP contribution in [0.15, 0.2) is 12.1 Å². The van der Waals surface area contributed by atoms with E-state index in [-0.39, 0.29) is 0 Å². The summed E-state index contributed by atoms with van der Waals surface area (Å²) < 4.78 is 0. The van der Waals surface area contributed by atoms with E-state index in [4.69, 9.17) is 0 Å². The first-order valence-corrected chi connectivity index (χ1v) is 7.72. The van der Waals surface area contributed by atoms with Crippen molar-refractivity contribution < 1.29 is 0 Å². The van der Waals surface area contributed by atoms with Crippen molar-refractivity contribution in [2.75, 3.05) is 0 Å². The maximum Gasteiger partial charge on any atom is -0.0159 e. The zero-order valence-electron chi connectivity index (χ0n) is 12.6. The lowest BCUT2D eigenvalue weighted by Crippen LogP contribution is -2.12. The monoisotopic (exact) mass is 244 g/mol. The van der Waals surface area contributed by atoms with E-state index in [1.807, 2.05) is 0 Å². The lowest BCUT2D eigenvalue weighted by Gasteiger charge is -2.28. The molecular formula is C18H28. The first-order valence-electron chi connectivity index (χ1n) is 7.72. The third-order valence-corrected chi connectivity index (χ3v) is 4.92. The quantitative estimate of drug-likeness (QED) is 0.654. The minimum atomic E-state index is 0.829. The van der Waals surface area contributed by atoms with E-state index in [1.54, 1.807) is 22.3 Å². The van der Waals surface area contributed by atoms with E-state index in [0.717, 1.165) is 11.8 Å². The van der Waals surface area contributed by atoms with Gasteiger partial charge in [-0.2, -0.15) is 0 Å². The molecule has 1 fully saturated rings. The first kappa shape index (κ1) is 13.6. The van der Waals surface area contributed by atoms with Crippen molar-refractivity contribution in [3.63, 3.8) is 0 Å². The number of rotatable bonds is 3. The van der Waals surface area contributed by atoms with E-state index in [2.05, 4.69) is 39.8 Å². The molecule has 0 unspecified atom stereocenters. The van der Waals surface area contributed by atoms with Crippen LogP contribution in [0.1, 0.15) is 74.1 Å². The van der Waals surface area contributed by atoms with Gasteiger partial charge >= 0.3 is 0 Å². The third kappa shape index (κ3) is 2.79. The second-order valence-corrected chi connectivity index (χ2v) is 6.27. The van der Waals surface area contributed by atoms with Crippen LogP contribution in [0.2, 0.25) is 0 Å². The summed E-state index contributed by atoms with van der Waals surface area (Å²) in [6, 6.07) is 4.81. The second kappa shape index (κ2) is 5.91. The molecule has 0 bridgehead atoms. The molecular weight excluding hydrogens is 216 g/mol. The summed E-state index contributed by atoms with van der Waals surface area (Å²) in [5, 5.41) is 0. The Hall–Kier alpha value is -0.780. The fraction of sp³-hybridized carbons (Fsp3) is 0.667. The summed E-state index contributed by atoms with van der Waals surface area (Å²) in [6.45, 7) is 9.32. The molecule has 0 saturated heterocycles. The highest BCUT2D eigenvalue weighted by Gasteiger charge is 2.21. The van der Waals surface area contributed by atoms with Crippen molar-refractivity contribution in [1.82, 2.24) is 0 Å². The predicted octanol–water partition coefficient (Wildman–Crippen LogP) is 5.55. The van der Waals surface area contributed by atoms with E-state index in [1.165, 1.54) is 38.5 Å². The molecule has 0 heteroatoms. The lowest BCUT2D eigenvalue weighted by molar-refractivity contribution is 0.347. The van der Waals surface area contributed by atoms with E-state index in [0.29, 0.717) is 0 Å². The first-order chi connectivity index (χ1) is 8.63. The molecule has 0 aromatic heterocycles. The molecule has 1 saturated carbocycles. The Kier molecular flexibility index (Phi) is 4.48. The number of hydrogen-bond acceptors (Lipinski definition) is 0. The number of hydrogen-bond donors (Lipinski definition) is 0. The summed E-state index contributed by atoms with van der Waals surface area (Å²) in [4.78, 5) is 0. The number of benzene rings is 1. The van der Waals surface area contributed by atoms with Gasteiger partial charge in [0.25, 0.3) is 0 Å². The standard InChI is InChI=1S/C18H28/c1-5-6-16-11-12-18(15(4)14(16)3)17-9-7-13(2)8-10-17/h11-13,17H,5-10H2,1-4H3. The van der Waals surface area contributed by atoms with Gasteiger partial charge in [-0.15, -0.1) is 0 Å². The highest BCUT2D eigenvalue weighted by atomic mass is 14.3. The van der Waals surface area contributed by atoms with Crippen LogP contribution in [0.4, 0.5) is 0 Å². The average molecular weight is 244 g/mol. The minimum absolute atomic E-state index is 0.829. The van der Waals surface area contributed by atoms with Gasteiger partial charge in [-0.05, 0) is 67.2 Å². The Morgan fingerprint density at radius 3 is 2.28 bits per heavy atom. The highest BCUT2D eigenvalue weighted by Crippen LogP contribution is 2.37. The SMILES string of the molecule is CCCc1ccc(C2CCC(C)CC2)c(C)c1C. The Balaban J connectivity index is 2.21. The van der Waals surface area contributed by atoms with E-state index < -0.39 is 0 Å². The largest absolute Gasteiger partial charge is 0.0651 e. The molecule has 1 aliphatic carbocycles. The summed E-state index contributed by atoms with van der Waals surface area (Å²) in [5.74, 6) is 1.78. The van der Waals surface area contributed by atoms with Crippen molar-refractivity contribution in [3.05, 3.63) is 34.4 Å². The molecule has 1 aromatic carbocycles. The maximum absolute atomic E-state index is 2.42. The van der Waals surface area contributed by atoms with Gasteiger partial charge in [-0.25, -0.2) is 0 Å². The summed E-state index contributed by atoms with van der Waals surface area (Å²) in [5.41, 5.74) is 6.32. The van der Waals surface area contributed by atoms with Crippen LogP contribution in [0.25, 0.3) is 0 Å². The van der Waals surface area contributed by atoms with Crippen molar-refractivity contribution in [1.29, 1.82) is 0 Å². The molecule has 0 radical (unpaired) electrons. The molecule has 100 valence electrons. The lowest BCUT2D eigenvalue weighted by atomic mass is 9.77. The molecule has 1 aromatic rings. The molecule has 0 atom stereocenters. The molecule has 0 spiro atoms. The van der Waals surface area contributed by atoms with Gasteiger partial charge in [0.15, 0.2) is 0 Å². The Bertz CT molecular complexity index is 395. The molecule has 0 amide bonds. The molecule has 0 heterocycles. The minimum Gasteiger partial charge on any atom is -0.0651 e. The molecule has 2 rings (SSSR count). The van der Waals surface area contributed by atoms with Gasteiger partial charge in [0.05, 0.1) is 0 Å². The van der Waals surface area contributed by atoms with Crippen LogP contribution in [0.5, 0.6) is 0 Å². The van der Waals surface area contributed by atoms with E-state index >= 15 is 0 Å². The van der Waals surface area contributed by atoms with Gasteiger partial charge in [-0.3, -0.25) is 0 Å². The van der Waals surface area contributed by atoms with Gasteiger partial charge in [0, 0.05) is 0 Å². The molecule has 18 heavy (non-hydrogen) atoms. The zero-order chi connectivity index (χ0) is 13.1. The zero-order valence-corrected chi connectivity index (χ0v) is 12.6. The average Bonchev–Trinajstić information content (AvgIpc) is 2.37. The smallest absolute Gasteiger partial charge is 0.0159 e. The number of aryl methyl sites for hydroxylation is 1. The van der Waals surface area contributed by atoms with Crippen molar-refractivity contribution in [2.24, 2.45) is 5.92 Å². The summed E-state index contributed by atoms with van der Waals surface area (Å²) in [6.07, 6.45) is 8.11. The highest BCUT2D eigenvalue weighted by molar-refractivity contribution is 5.41. The van der Waals surface area contributed by atoms with Crippen LogP contribution in [0, 0.1) is 19.8 Å². The summed E-state index contributed by atoms with van der Waals surface area (Å²) >= 11 is 0. The third-order valence-electron chi connectivity index (χ3n) is 4.92. The Labute approximate surface area is 113 Å². The van der Waals surface area contributed by atoms with Crippen molar-refractivity contribution in [3.8, 4) is 0 Å². The van der Waals surface area contributed by atoms with Gasteiger partial charge < -0.3 is 0 Å². The van der Waals surface area contributed by atoms with Crippen LogP contribution in [-0.2, 0) is 6.42 Å². The molecule has 0 aliphatic heterocycles. The fourth-order valence-electron chi connectivity index (χ4n) is 3.45. The van der Waals surface area contributed by atoms with Gasteiger partial charge in [0.2, 0.25) is 0 Å². The Morgan fingerprint density at radius 2 is 1.67 bits per heavy atom. The molecule has 0 N–H and O–H groups in total. The maximum atomic E-state index is 2.42.